The van der Waals surface area contributed by atoms with E-state index >= 15 is 0 Å². The van der Waals surface area contributed by atoms with Crippen molar-refractivity contribution in [1.29, 1.82) is 0 Å². The fourth-order valence-electron chi connectivity index (χ4n) is 2.02. The zero-order valence-electron chi connectivity index (χ0n) is 12.9. The highest BCUT2D eigenvalue weighted by Gasteiger charge is 2.18. The number of nitrogens with one attached hydrogen (secondary N) is 1. The number of aromatic nitrogens is 2. The molecule has 0 aliphatic carbocycles. The summed E-state index contributed by atoms with van der Waals surface area (Å²) >= 11 is 0. The van der Waals surface area contributed by atoms with Gasteiger partial charge >= 0.3 is 5.97 Å². The van der Waals surface area contributed by atoms with Crippen LogP contribution in [0.1, 0.15) is 62.6 Å². The molecule has 0 amide bonds. The van der Waals surface area contributed by atoms with Crippen molar-refractivity contribution >= 4 is 11.9 Å². The van der Waals surface area contributed by atoms with Crippen LogP contribution < -0.4 is 5.32 Å². The molecule has 20 heavy (non-hydrogen) atoms. The Kier molecular flexibility index (Phi) is 5.92. The predicted octanol–water partition coefficient (Wildman–Crippen LogP) is 3.50. The van der Waals surface area contributed by atoms with Gasteiger partial charge in [-0.05, 0) is 24.8 Å². The lowest BCUT2D eigenvalue weighted by molar-refractivity contribution is 0.0690. The number of nitrogens with zero attached hydrogens (tertiary/aromatic N) is 2. The van der Waals surface area contributed by atoms with Gasteiger partial charge in [-0.25, -0.2) is 14.8 Å². The van der Waals surface area contributed by atoms with E-state index in [-0.39, 0.29) is 11.1 Å². The van der Waals surface area contributed by atoms with Crippen molar-refractivity contribution in [2.45, 2.75) is 53.4 Å². The first-order chi connectivity index (χ1) is 9.34. The normalized spacial score (nSPS) is 11.4. The van der Waals surface area contributed by atoms with Crippen LogP contribution in [0, 0.1) is 12.3 Å². The van der Waals surface area contributed by atoms with Gasteiger partial charge in [0, 0.05) is 12.2 Å². The smallest absolute Gasteiger partial charge is 0.354 e. The molecule has 0 spiro atoms. The number of rotatable bonds is 8. The van der Waals surface area contributed by atoms with Gasteiger partial charge < -0.3 is 10.4 Å². The lowest BCUT2D eigenvalue weighted by Gasteiger charge is -2.25. The van der Waals surface area contributed by atoms with E-state index in [1.54, 1.807) is 6.92 Å². The van der Waals surface area contributed by atoms with Crippen LogP contribution in [-0.4, -0.2) is 27.6 Å². The second kappa shape index (κ2) is 7.22. The van der Waals surface area contributed by atoms with Gasteiger partial charge in [0.25, 0.3) is 0 Å². The van der Waals surface area contributed by atoms with Crippen molar-refractivity contribution in [3.63, 3.8) is 0 Å². The molecule has 2 N–H and O–H groups in total. The summed E-state index contributed by atoms with van der Waals surface area (Å²) in [7, 11) is 0. The van der Waals surface area contributed by atoms with Gasteiger partial charge in [-0.1, -0.05) is 40.0 Å². The maximum atomic E-state index is 11.0. The number of carboxylic acids is 1. The van der Waals surface area contributed by atoms with Crippen LogP contribution in [0.3, 0.4) is 0 Å². The molecular formula is C15H25N3O2. The van der Waals surface area contributed by atoms with Crippen molar-refractivity contribution in [2.24, 2.45) is 5.41 Å². The van der Waals surface area contributed by atoms with E-state index in [2.05, 4.69) is 36.1 Å². The number of hydrogen-bond donors (Lipinski definition) is 2. The molecule has 1 rings (SSSR count). The van der Waals surface area contributed by atoms with Gasteiger partial charge in [-0.15, -0.1) is 0 Å². The minimum atomic E-state index is -1.03. The summed E-state index contributed by atoms with van der Waals surface area (Å²) in [5, 5.41) is 12.1. The van der Waals surface area contributed by atoms with Gasteiger partial charge in [0.1, 0.15) is 0 Å². The molecule has 1 heterocycles. The Labute approximate surface area is 120 Å². The average Bonchev–Trinajstić information content (AvgIpc) is 2.36. The molecule has 0 unspecified atom stereocenters. The highest BCUT2D eigenvalue weighted by molar-refractivity contribution is 5.85. The minimum absolute atomic E-state index is 0.0313. The van der Waals surface area contributed by atoms with Gasteiger partial charge in [0.2, 0.25) is 5.95 Å². The molecule has 0 atom stereocenters. The molecule has 0 aliphatic heterocycles. The van der Waals surface area contributed by atoms with Gasteiger partial charge in [-0.2, -0.15) is 0 Å². The number of carboxylic acid groups (broad SMARTS) is 1. The summed E-state index contributed by atoms with van der Waals surface area (Å²) in [5.74, 6) is -0.633. The first kappa shape index (κ1) is 16.4. The highest BCUT2D eigenvalue weighted by Crippen LogP contribution is 2.23. The number of aromatic carboxylic acids is 1. The van der Waals surface area contributed by atoms with Crippen molar-refractivity contribution in [3.05, 3.63) is 17.5 Å². The van der Waals surface area contributed by atoms with E-state index in [0.717, 1.165) is 13.0 Å². The maximum absolute atomic E-state index is 11.0. The number of unbranched alkanes of at least 4 members (excludes halogenated alkanes) is 2. The van der Waals surface area contributed by atoms with E-state index in [0.29, 0.717) is 11.6 Å². The molecular weight excluding hydrogens is 254 g/mol. The Hall–Kier alpha value is -1.65. The van der Waals surface area contributed by atoms with Crippen molar-refractivity contribution in [2.75, 3.05) is 11.9 Å². The first-order valence-electron chi connectivity index (χ1n) is 7.17. The Bertz CT molecular complexity index is 458. The quantitative estimate of drug-likeness (QED) is 0.712. The second-order valence-corrected chi connectivity index (χ2v) is 6.00. The van der Waals surface area contributed by atoms with E-state index in [4.69, 9.17) is 5.11 Å². The molecule has 1 aromatic rings. The lowest BCUT2D eigenvalue weighted by atomic mass is 9.87. The molecule has 1 aromatic heterocycles. The van der Waals surface area contributed by atoms with Crippen LogP contribution in [0.25, 0.3) is 0 Å². The summed E-state index contributed by atoms with van der Waals surface area (Å²) in [5.41, 5.74) is 0.832. The van der Waals surface area contributed by atoms with Crippen molar-refractivity contribution in [3.8, 4) is 0 Å². The van der Waals surface area contributed by atoms with Gasteiger partial charge in [0.15, 0.2) is 5.69 Å². The SMILES string of the molecule is CCCCCC(C)(C)CNc1nc(C)cc(C(=O)O)n1. The van der Waals surface area contributed by atoms with E-state index in [1.165, 1.54) is 25.3 Å². The third-order valence-electron chi connectivity index (χ3n) is 3.26. The van der Waals surface area contributed by atoms with E-state index in [9.17, 15) is 4.79 Å². The first-order valence-corrected chi connectivity index (χ1v) is 7.17. The molecule has 0 fully saturated rings. The molecule has 0 bridgehead atoms. The number of carbonyl (C=O) groups is 1. The topological polar surface area (TPSA) is 75.1 Å². The third kappa shape index (κ3) is 5.55. The molecule has 0 aliphatic rings. The summed E-state index contributed by atoms with van der Waals surface area (Å²) in [4.78, 5) is 19.2. The third-order valence-corrected chi connectivity index (χ3v) is 3.26. The highest BCUT2D eigenvalue weighted by atomic mass is 16.4. The van der Waals surface area contributed by atoms with Crippen LogP contribution >= 0.6 is 0 Å². The van der Waals surface area contributed by atoms with Crippen LogP contribution in [0.4, 0.5) is 5.95 Å². The molecule has 0 saturated carbocycles. The van der Waals surface area contributed by atoms with E-state index < -0.39 is 5.97 Å². The van der Waals surface area contributed by atoms with Crippen LogP contribution in [0.5, 0.6) is 0 Å². The van der Waals surface area contributed by atoms with Gasteiger partial charge in [-0.3, -0.25) is 0 Å². The Morgan fingerprint density at radius 1 is 1.35 bits per heavy atom. The summed E-state index contributed by atoms with van der Waals surface area (Å²) < 4.78 is 0. The van der Waals surface area contributed by atoms with Crippen LogP contribution in [-0.2, 0) is 0 Å². The van der Waals surface area contributed by atoms with Crippen LogP contribution in [0.15, 0.2) is 6.07 Å². The molecule has 112 valence electrons. The predicted molar refractivity (Wildman–Crippen MR) is 80.1 cm³/mol. The fraction of sp³-hybridized carbons (Fsp3) is 0.667. The molecule has 0 radical (unpaired) electrons. The Balaban J connectivity index is 2.62. The molecule has 0 saturated heterocycles. The number of anilines is 1. The van der Waals surface area contributed by atoms with E-state index in [1.807, 2.05) is 0 Å². The number of hydrogen-bond acceptors (Lipinski definition) is 4. The zero-order chi connectivity index (χ0) is 15.2. The lowest BCUT2D eigenvalue weighted by Crippen LogP contribution is -2.24. The van der Waals surface area contributed by atoms with Crippen molar-refractivity contribution < 1.29 is 9.90 Å². The van der Waals surface area contributed by atoms with Crippen LogP contribution in [0.2, 0.25) is 0 Å². The fourth-order valence-corrected chi connectivity index (χ4v) is 2.02. The second-order valence-electron chi connectivity index (χ2n) is 6.00. The molecule has 5 heteroatoms. The van der Waals surface area contributed by atoms with Crippen molar-refractivity contribution in [1.82, 2.24) is 9.97 Å². The average molecular weight is 279 g/mol. The summed E-state index contributed by atoms with van der Waals surface area (Å²) in [6, 6.07) is 1.47. The summed E-state index contributed by atoms with van der Waals surface area (Å²) in [6.45, 7) is 9.09. The number of aryl methyl sites for hydroxylation is 1. The Morgan fingerprint density at radius 3 is 2.65 bits per heavy atom. The Morgan fingerprint density at radius 2 is 2.05 bits per heavy atom. The largest absolute Gasteiger partial charge is 0.477 e. The standard InChI is InChI=1S/C15H25N3O2/c1-5-6-7-8-15(3,4)10-16-14-17-11(2)9-12(18-14)13(19)20/h9H,5-8,10H2,1-4H3,(H,19,20)(H,16,17,18). The zero-order valence-corrected chi connectivity index (χ0v) is 12.9. The maximum Gasteiger partial charge on any atom is 0.354 e. The summed E-state index contributed by atoms with van der Waals surface area (Å²) in [6.07, 6.45) is 4.80. The molecule has 0 aromatic carbocycles. The molecule has 5 nitrogen and oxygen atoms in total. The minimum Gasteiger partial charge on any atom is -0.477 e. The van der Waals surface area contributed by atoms with Gasteiger partial charge in [0.05, 0.1) is 0 Å². The monoisotopic (exact) mass is 279 g/mol.